The van der Waals surface area contributed by atoms with Crippen molar-refractivity contribution in [1.29, 1.82) is 0 Å². The quantitative estimate of drug-likeness (QED) is 0.827. The van der Waals surface area contributed by atoms with Crippen molar-refractivity contribution in [2.45, 2.75) is 37.8 Å². The van der Waals surface area contributed by atoms with Gasteiger partial charge in [-0.15, -0.1) is 11.8 Å². The van der Waals surface area contributed by atoms with Crippen molar-refractivity contribution in [3.8, 4) is 0 Å². The summed E-state index contributed by atoms with van der Waals surface area (Å²) in [7, 11) is 0. The fourth-order valence-corrected chi connectivity index (χ4v) is 3.37. The summed E-state index contributed by atoms with van der Waals surface area (Å²) in [4.78, 5) is 14.1. The zero-order valence-electron chi connectivity index (χ0n) is 12.6. The Morgan fingerprint density at radius 1 is 1.23 bits per heavy atom. The van der Waals surface area contributed by atoms with Gasteiger partial charge in [-0.25, -0.2) is 4.79 Å². The van der Waals surface area contributed by atoms with E-state index in [9.17, 15) is 18.0 Å². The highest BCUT2D eigenvalue weighted by Crippen LogP contribution is 2.35. The molecule has 1 saturated heterocycles. The van der Waals surface area contributed by atoms with E-state index in [2.05, 4.69) is 5.32 Å². The van der Waals surface area contributed by atoms with Gasteiger partial charge >= 0.3 is 12.2 Å². The number of anilines is 1. The molecule has 1 aliphatic heterocycles. The van der Waals surface area contributed by atoms with Gasteiger partial charge in [-0.2, -0.15) is 13.2 Å². The number of benzene rings is 1. The first-order valence-electron chi connectivity index (χ1n) is 7.26. The molecule has 0 unspecified atom stereocenters. The molecule has 1 N–H and O–H groups in total. The summed E-state index contributed by atoms with van der Waals surface area (Å²) in [5.74, 6) is -0.920. The second-order valence-electron chi connectivity index (χ2n) is 5.08. The van der Waals surface area contributed by atoms with Gasteiger partial charge in [-0.05, 0) is 30.0 Å². The number of thioether (sulfide) groups is 1. The number of urea groups is 1. The molecule has 0 aliphatic carbocycles. The zero-order chi connectivity index (χ0) is 16.3. The van der Waals surface area contributed by atoms with Crippen LogP contribution in [-0.4, -0.2) is 31.0 Å². The van der Waals surface area contributed by atoms with Crippen molar-refractivity contribution >= 4 is 23.5 Å². The van der Waals surface area contributed by atoms with Crippen LogP contribution in [0.3, 0.4) is 0 Å². The van der Waals surface area contributed by atoms with Crippen molar-refractivity contribution in [3.63, 3.8) is 0 Å². The molecule has 3 nitrogen and oxygen atoms in total. The van der Waals surface area contributed by atoms with Crippen molar-refractivity contribution in [2.75, 3.05) is 23.7 Å². The van der Waals surface area contributed by atoms with E-state index in [-0.39, 0.29) is 6.03 Å². The molecule has 1 aromatic rings. The van der Waals surface area contributed by atoms with Gasteiger partial charge in [0.05, 0.1) is 5.75 Å². The first kappa shape index (κ1) is 17.0. The Hall–Kier alpha value is -1.37. The SMILES string of the molecule is CCc1cc(CC)c(N2CCNC2=O)cc1SCC(F)(F)F. The van der Waals surface area contributed by atoms with E-state index in [1.165, 1.54) is 0 Å². The number of rotatable bonds is 5. The lowest BCUT2D eigenvalue weighted by molar-refractivity contribution is -0.105. The van der Waals surface area contributed by atoms with Crippen LogP contribution >= 0.6 is 11.8 Å². The van der Waals surface area contributed by atoms with Crippen LogP contribution in [0.4, 0.5) is 23.7 Å². The monoisotopic (exact) mass is 332 g/mol. The van der Waals surface area contributed by atoms with Crippen LogP contribution in [0.25, 0.3) is 0 Å². The van der Waals surface area contributed by atoms with Gasteiger partial charge in [-0.1, -0.05) is 19.9 Å². The molecular formula is C15H19F3N2OS. The number of nitrogens with one attached hydrogen (secondary N) is 1. The average molecular weight is 332 g/mol. The first-order chi connectivity index (χ1) is 10.4. The molecule has 0 aromatic heterocycles. The van der Waals surface area contributed by atoms with Crippen LogP contribution in [0.5, 0.6) is 0 Å². The van der Waals surface area contributed by atoms with Gasteiger partial charge in [0.1, 0.15) is 0 Å². The molecule has 1 aromatic carbocycles. The van der Waals surface area contributed by atoms with Gasteiger partial charge in [0.15, 0.2) is 0 Å². The third kappa shape index (κ3) is 3.88. The third-order valence-corrected chi connectivity index (χ3v) is 4.73. The Kier molecular flexibility index (Phi) is 5.26. The molecule has 0 saturated carbocycles. The molecule has 1 heterocycles. The molecule has 0 spiro atoms. The van der Waals surface area contributed by atoms with Crippen LogP contribution in [0.1, 0.15) is 25.0 Å². The standard InChI is InChI=1S/C15H19F3N2OS/c1-3-10-7-11(4-2)13(22-9-15(16,17)18)8-12(10)20-6-5-19-14(20)21/h7-8H,3-6,9H2,1-2H3,(H,19,21). The molecule has 0 radical (unpaired) electrons. The summed E-state index contributed by atoms with van der Waals surface area (Å²) in [6.07, 6.45) is -2.81. The molecular weight excluding hydrogens is 313 g/mol. The van der Waals surface area contributed by atoms with Gasteiger partial charge in [0.2, 0.25) is 0 Å². The number of nitrogens with zero attached hydrogens (tertiary/aromatic N) is 1. The molecule has 2 amide bonds. The minimum Gasteiger partial charge on any atom is -0.336 e. The second kappa shape index (κ2) is 6.81. The predicted molar refractivity (Wildman–Crippen MR) is 82.7 cm³/mol. The van der Waals surface area contributed by atoms with E-state index in [1.54, 1.807) is 11.0 Å². The minimum atomic E-state index is -4.20. The number of hydrogen-bond donors (Lipinski definition) is 1. The topological polar surface area (TPSA) is 32.3 Å². The summed E-state index contributed by atoms with van der Waals surface area (Å²) >= 11 is 0.789. The van der Waals surface area contributed by atoms with E-state index in [4.69, 9.17) is 0 Å². The Labute approximate surface area is 132 Å². The summed E-state index contributed by atoms with van der Waals surface area (Å²) < 4.78 is 37.5. The summed E-state index contributed by atoms with van der Waals surface area (Å²) in [5.41, 5.74) is 2.61. The molecule has 22 heavy (non-hydrogen) atoms. The summed E-state index contributed by atoms with van der Waals surface area (Å²) in [6.45, 7) is 5.01. The lowest BCUT2D eigenvalue weighted by atomic mass is 10.0. The van der Waals surface area contributed by atoms with Gasteiger partial charge in [0.25, 0.3) is 0 Å². The molecule has 1 fully saturated rings. The summed E-state index contributed by atoms with van der Waals surface area (Å²) in [6, 6.07) is 3.48. The number of aryl methyl sites for hydroxylation is 2. The normalized spacial score (nSPS) is 15.3. The maximum atomic E-state index is 12.5. The average Bonchev–Trinajstić information content (AvgIpc) is 2.89. The van der Waals surface area contributed by atoms with Crippen molar-refractivity contribution in [3.05, 3.63) is 23.3 Å². The molecule has 1 aliphatic rings. The largest absolute Gasteiger partial charge is 0.398 e. The van der Waals surface area contributed by atoms with Gasteiger partial charge < -0.3 is 5.32 Å². The molecule has 2 rings (SSSR count). The van der Waals surface area contributed by atoms with Crippen LogP contribution in [-0.2, 0) is 12.8 Å². The number of alkyl halides is 3. The lowest BCUT2D eigenvalue weighted by Gasteiger charge is -2.21. The van der Waals surface area contributed by atoms with E-state index in [0.29, 0.717) is 24.4 Å². The zero-order valence-corrected chi connectivity index (χ0v) is 13.4. The first-order valence-corrected chi connectivity index (χ1v) is 8.25. The lowest BCUT2D eigenvalue weighted by Crippen LogP contribution is -2.28. The highest BCUT2D eigenvalue weighted by atomic mass is 32.2. The van der Waals surface area contributed by atoms with Gasteiger partial charge in [0, 0.05) is 23.7 Å². The maximum Gasteiger partial charge on any atom is 0.398 e. The smallest absolute Gasteiger partial charge is 0.336 e. The fraction of sp³-hybridized carbons (Fsp3) is 0.533. The van der Waals surface area contributed by atoms with Gasteiger partial charge in [-0.3, -0.25) is 4.90 Å². The van der Waals surface area contributed by atoms with Crippen LogP contribution in [0.15, 0.2) is 17.0 Å². The van der Waals surface area contributed by atoms with Crippen LogP contribution < -0.4 is 10.2 Å². The third-order valence-electron chi connectivity index (χ3n) is 3.56. The number of halogens is 3. The Balaban J connectivity index is 2.37. The molecule has 122 valence electrons. The second-order valence-corrected chi connectivity index (χ2v) is 6.10. The molecule has 0 bridgehead atoms. The Morgan fingerprint density at radius 3 is 2.41 bits per heavy atom. The fourth-order valence-electron chi connectivity index (χ4n) is 2.47. The van der Waals surface area contributed by atoms with E-state index in [1.807, 2.05) is 19.9 Å². The highest BCUT2D eigenvalue weighted by Gasteiger charge is 2.29. The van der Waals surface area contributed by atoms with E-state index >= 15 is 0 Å². The van der Waals surface area contributed by atoms with Crippen molar-refractivity contribution < 1.29 is 18.0 Å². The predicted octanol–water partition coefficient (Wildman–Crippen LogP) is 4.00. The number of carbonyl (C=O) groups excluding carboxylic acids is 1. The van der Waals surface area contributed by atoms with Crippen molar-refractivity contribution in [2.24, 2.45) is 0 Å². The number of hydrogen-bond acceptors (Lipinski definition) is 2. The van der Waals surface area contributed by atoms with E-state index in [0.717, 1.165) is 35.0 Å². The summed E-state index contributed by atoms with van der Waals surface area (Å²) in [5, 5.41) is 2.72. The van der Waals surface area contributed by atoms with Crippen molar-refractivity contribution in [1.82, 2.24) is 5.32 Å². The van der Waals surface area contributed by atoms with Crippen LogP contribution in [0, 0.1) is 0 Å². The number of carbonyl (C=O) groups is 1. The maximum absolute atomic E-state index is 12.5. The molecule has 0 atom stereocenters. The highest BCUT2D eigenvalue weighted by molar-refractivity contribution is 7.99. The number of amides is 2. The van der Waals surface area contributed by atoms with Crippen LogP contribution in [0.2, 0.25) is 0 Å². The minimum absolute atomic E-state index is 0.189. The van der Waals surface area contributed by atoms with E-state index < -0.39 is 11.9 Å². The Morgan fingerprint density at radius 2 is 1.91 bits per heavy atom. The molecule has 7 heteroatoms. The Bertz CT molecular complexity index is 560.